The molecule has 0 aliphatic carbocycles. The average Bonchev–Trinajstić information content (AvgIpc) is 2.18. The fourth-order valence-corrected chi connectivity index (χ4v) is 1.62. The number of pyridine rings is 1. The lowest BCUT2D eigenvalue weighted by Gasteiger charge is -2.04. The summed E-state index contributed by atoms with van der Waals surface area (Å²) in [6.45, 7) is 0.757. The first-order chi connectivity index (χ1) is 6.74. The molecule has 0 amide bonds. The summed E-state index contributed by atoms with van der Waals surface area (Å²) < 4.78 is 6.80. The molecule has 0 aliphatic rings. The van der Waals surface area contributed by atoms with Gasteiger partial charge in [-0.15, -0.1) is 0 Å². The molecule has 0 aliphatic heterocycles. The molecule has 78 valence electrons. The largest absolute Gasteiger partial charge is 0.619 e. The highest BCUT2D eigenvalue weighted by atomic mass is 79.9. The Morgan fingerprint density at radius 1 is 1.50 bits per heavy atom. The third-order valence-electron chi connectivity index (χ3n) is 1.99. The summed E-state index contributed by atoms with van der Waals surface area (Å²) in [4.78, 5) is 0. The molecule has 4 heteroatoms. The minimum absolute atomic E-state index is 0.757. The maximum absolute atomic E-state index is 11.3. The molecule has 0 bridgehead atoms. The maximum atomic E-state index is 11.3. The predicted octanol–water partition coefficient (Wildman–Crippen LogP) is 2.05. The number of rotatable bonds is 5. The number of methoxy groups -OCH3 is 1. The van der Waals surface area contributed by atoms with Crippen molar-refractivity contribution >= 4 is 15.9 Å². The van der Waals surface area contributed by atoms with Crippen molar-refractivity contribution in [2.75, 3.05) is 13.7 Å². The van der Waals surface area contributed by atoms with Crippen molar-refractivity contribution in [3.8, 4) is 0 Å². The maximum Gasteiger partial charge on any atom is 0.193 e. The van der Waals surface area contributed by atoms with Crippen molar-refractivity contribution < 1.29 is 9.47 Å². The highest BCUT2D eigenvalue weighted by Crippen LogP contribution is 2.09. The minimum Gasteiger partial charge on any atom is -0.619 e. The Kier molecular flexibility index (Phi) is 4.90. The molecule has 1 aromatic heterocycles. The van der Waals surface area contributed by atoms with Crippen LogP contribution in [0.5, 0.6) is 0 Å². The number of nitrogens with zero attached hydrogens (tertiary/aromatic N) is 1. The van der Waals surface area contributed by atoms with E-state index in [1.54, 1.807) is 13.2 Å². The molecular formula is C10H14BrNO2. The molecule has 0 radical (unpaired) electrons. The quantitative estimate of drug-likeness (QED) is 0.461. The van der Waals surface area contributed by atoms with Crippen LogP contribution in [0.1, 0.15) is 18.5 Å². The van der Waals surface area contributed by atoms with E-state index < -0.39 is 0 Å². The van der Waals surface area contributed by atoms with Crippen LogP contribution >= 0.6 is 15.9 Å². The second-order valence-electron chi connectivity index (χ2n) is 3.11. The fraction of sp³-hybridized carbons (Fsp3) is 0.500. The van der Waals surface area contributed by atoms with E-state index >= 15 is 0 Å². The summed E-state index contributed by atoms with van der Waals surface area (Å²) in [5.41, 5.74) is 0.801. The van der Waals surface area contributed by atoms with Crippen LogP contribution in [0.15, 0.2) is 22.8 Å². The van der Waals surface area contributed by atoms with Gasteiger partial charge in [-0.1, -0.05) is 15.9 Å². The normalized spacial score (nSPS) is 10.4. The first kappa shape index (κ1) is 11.5. The minimum atomic E-state index is 0.757. The van der Waals surface area contributed by atoms with Crippen molar-refractivity contribution in [3.63, 3.8) is 0 Å². The fourth-order valence-electron chi connectivity index (χ4n) is 1.24. The number of halogens is 1. The van der Waals surface area contributed by atoms with E-state index in [1.165, 1.54) is 6.20 Å². The van der Waals surface area contributed by atoms with Crippen LogP contribution in [0.4, 0.5) is 0 Å². The van der Waals surface area contributed by atoms with Gasteiger partial charge in [0.15, 0.2) is 11.9 Å². The zero-order chi connectivity index (χ0) is 10.4. The van der Waals surface area contributed by atoms with Gasteiger partial charge in [0.25, 0.3) is 0 Å². The van der Waals surface area contributed by atoms with Crippen LogP contribution in [-0.2, 0) is 11.2 Å². The number of ether oxygens (including phenoxy) is 1. The number of hydrogen-bond acceptors (Lipinski definition) is 2. The third-order valence-corrected chi connectivity index (χ3v) is 2.48. The van der Waals surface area contributed by atoms with Crippen LogP contribution in [0.3, 0.4) is 0 Å². The van der Waals surface area contributed by atoms with Gasteiger partial charge < -0.3 is 9.94 Å². The van der Waals surface area contributed by atoms with Gasteiger partial charge in [-0.05, 0) is 12.8 Å². The first-order valence-electron chi connectivity index (χ1n) is 4.60. The molecule has 0 unspecified atom stereocenters. The standard InChI is InChI=1S/C10H14BrNO2/c1-14-7-3-2-4-10-8-9(11)5-6-12(10)13/h5-6,8H,2-4,7H2,1H3. The number of aryl methyl sites for hydroxylation is 1. The first-order valence-corrected chi connectivity index (χ1v) is 5.40. The average molecular weight is 260 g/mol. The van der Waals surface area contributed by atoms with E-state index in [2.05, 4.69) is 15.9 Å². The SMILES string of the molecule is COCCCCc1cc(Br)cc[n+]1[O-]. The lowest BCUT2D eigenvalue weighted by molar-refractivity contribution is -0.614. The lowest BCUT2D eigenvalue weighted by Crippen LogP contribution is -2.30. The Bertz CT molecular complexity index is 291. The summed E-state index contributed by atoms with van der Waals surface area (Å²) in [6, 6.07) is 3.60. The molecule has 1 heterocycles. The van der Waals surface area contributed by atoms with Crippen LogP contribution < -0.4 is 4.73 Å². The predicted molar refractivity (Wildman–Crippen MR) is 57.9 cm³/mol. The molecule has 0 fully saturated rings. The molecule has 0 atom stereocenters. The van der Waals surface area contributed by atoms with Crippen LogP contribution in [0.25, 0.3) is 0 Å². The van der Waals surface area contributed by atoms with Gasteiger partial charge in [-0.3, -0.25) is 0 Å². The second kappa shape index (κ2) is 5.98. The van der Waals surface area contributed by atoms with Crippen LogP contribution in [0.2, 0.25) is 0 Å². The van der Waals surface area contributed by atoms with Crippen molar-refractivity contribution in [3.05, 3.63) is 33.7 Å². The van der Waals surface area contributed by atoms with Gasteiger partial charge in [0.2, 0.25) is 0 Å². The third kappa shape index (κ3) is 3.64. The van der Waals surface area contributed by atoms with Gasteiger partial charge >= 0.3 is 0 Å². The van der Waals surface area contributed by atoms with E-state index in [4.69, 9.17) is 4.74 Å². The number of hydrogen-bond donors (Lipinski definition) is 0. The van der Waals surface area contributed by atoms with Crippen molar-refractivity contribution in [1.29, 1.82) is 0 Å². The zero-order valence-electron chi connectivity index (χ0n) is 8.20. The molecule has 14 heavy (non-hydrogen) atoms. The van der Waals surface area contributed by atoms with Gasteiger partial charge in [0, 0.05) is 36.7 Å². The molecule has 0 spiro atoms. The Balaban J connectivity index is 2.45. The van der Waals surface area contributed by atoms with Crippen LogP contribution in [0, 0.1) is 5.21 Å². The van der Waals surface area contributed by atoms with E-state index in [1.807, 2.05) is 6.07 Å². The monoisotopic (exact) mass is 259 g/mol. The van der Waals surface area contributed by atoms with E-state index in [-0.39, 0.29) is 0 Å². The summed E-state index contributed by atoms with van der Waals surface area (Å²) in [7, 11) is 1.69. The summed E-state index contributed by atoms with van der Waals surface area (Å²) in [5.74, 6) is 0. The lowest BCUT2D eigenvalue weighted by atomic mass is 10.2. The zero-order valence-corrected chi connectivity index (χ0v) is 9.79. The smallest absolute Gasteiger partial charge is 0.193 e. The highest BCUT2D eigenvalue weighted by molar-refractivity contribution is 9.10. The molecule has 1 rings (SSSR count). The van der Waals surface area contributed by atoms with E-state index in [0.717, 1.165) is 40.8 Å². The molecule has 0 saturated carbocycles. The summed E-state index contributed by atoms with van der Waals surface area (Å²) in [5, 5.41) is 11.3. The topological polar surface area (TPSA) is 36.2 Å². The second-order valence-corrected chi connectivity index (χ2v) is 4.03. The van der Waals surface area contributed by atoms with E-state index in [9.17, 15) is 5.21 Å². The van der Waals surface area contributed by atoms with Crippen molar-refractivity contribution in [2.24, 2.45) is 0 Å². The number of unbranched alkanes of at least 4 members (excludes halogenated alkanes) is 1. The molecule has 0 aromatic carbocycles. The molecule has 1 aromatic rings. The van der Waals surface area contributed by atoms with Gasteiger partial charge in [0.1, 0.15) is 0 Å². The van der Waals surface area contributed by atoms with Crippen molar-refractivity contribution in [2.45, 2.75) is 19.3 Å². The highest BCUT2D eigenvalue weighted by Gasteiger charge is 2.04. The Morgan fingerprint density at radius 3 is 3.00 bits per heavy atom. The molecule has 3 nitrogen and oxygen atoms in total. The summed E-state index contributed by atoms with van der Waals surface area (Å²) >= 11 is 3.34. The number of aromatic nitrogens is 1. The van der Waals surface area contributed by atoms with Gasteiger partial charge in [-0.25, -0.2) is 0 Å². The van der Waals surface area contributed by atoms with Gasteiger partial charge in [-0.2, -0.15) is 4.73 Å². The van der Waals surface area contributed by atoms with E-state index in [0.29, 0.717) is 0 Å². The van der Waals surface area contributed by atoms with Crippen LogP contribution in [-0.4, -0.2) is 13.7 Å². The molecular weight excluding hydrogens is 246 g/mol. The molecule has 0 saturated heterocycles. The van der Waals surface area contributed by atoms with Crippen molar-refractivity contribution in [1.82, 2.24) is 0 Å². The van der Waals surface area contributed by atoms with Gasteiger partial charge in [0.05, 0.1) is 0 Å². The molecule has 0 N–H and O–H groups in total. The summed E-state index contributed by atoms with van der Waals surface area (Å²) in [6.07, 6.45) is 4.29. The Labute approximate surface area is 92.4 Å². The Hall–Kier alpha value is -0.610. The Morgan fingerprint density at radius 2 is 2.29 bits per heavy atom.